The third-order valence-corrected chi connectivity index (χ3v) is 6.26. The minimum Gasteiger partial charge on any atom is -0.356 e. The van der Waals surface area contributed by atoms with Crippen molar-refractivity contribution in [2.75, 3.05) is 19.6 Å². The molecule has 0 heterocycles. The Morgan fingerprint density at radius 2 is 1.16 bits per heavy atom. The van der Waals surface area contributed by atoms with Crippen molar-refractivity contribution >= 4 is 5.91 Å². The standard InChI is InChI=1S/C28H43N3O/c1-26(2,3)23-12-8-21(9-13-23)18-28(20-30,25(32)31-17-7-16-29)19-22-10-14-24(15-11-22)27(4,5)6/h8-15H,7,16-20,29-30H2,1-6H3,(H,31,32). The van der Waals surface area contributed by atoms with Gasteiger partial charge in [0, 0.05) is 13.1 Å². The van der Waals surface area contributed by atoms with Crippen LogP contribution in [0, 0.1) is 5.41 Å². The summed E-state index contributed by atoms with van der Waals surface area (Å²) in [5.74, 6) is 0.00764. The van der Waals surface area contributed by atoms with Gasteiger partial charge in [-0.25, -0.2) is 0 Å². The molecule has 176 valence electrons. The molecule has 0 unspecified atom stereocenters. The van der Waals surface area contributed by atoms with E-state index in [0.717, 1.165) is 17.5 Å². The molecule has 5 N–H and O–H groups in total. The Morgan fingerprint density at radius 3 is 1.47 bits per heavy atom. The molecule has 0 atom stereocenters. The summed E-state index contributed by atoms with van der Waals surface area (Å²) in [6, 6.07) is 17.2. The van der Waals surface area contributed by atoms with Crippen LogP contribution in [0.5, 0.6) is 0 Å². The first-order chi connectivity index (χ1) is 14.9. The van der Waals surface area contributed by atoms with Crippen LogP contribution in [-0.4, -0.2) is 25.5 Å². The second-order valence-corrected chi connectivity index (χ2v) is 11.1. The molecule has 4 nitrogen and oxygen atoms in total. The van der Waals surface area contributed by atoms with Crippen LogP contribution >= 0.6 is 0 Å². The van der Waals surface area contributed by atoms with Crippen LogP contribution in [0.3, 0.4) is 0 Å². The first-order valence-electron chi connectivity index (χ1n) is 11.8. The minimum atomic E-state index is -0.707. The summed E-state index contributed by atoms with van der Waals surface area (Å²) in [5.41, 5.74) is 16.3. The predicted octanol–water partition coefficient (Wildman–Crippen LogP) is 4.48. The molecule has 4 heteroatoms. The molecule has 0 aliphatic rings. The van der Waals surface area contributed by atoms with Gasteiger partial charge in [0.15, 0.2) is 0 Å². The minimum absolute atomic E-state index is 0.00764. The SMILES string of the molecule is CC(C)(C)c1ccc(CC(CN)(Cc2ccc(C(C)(C)C)cc2)C(=O)NCCCN)cc1. The summed E-state index contributed by atoms with van der Waals surface area (Å²) in [5, 5.41) is 3.09. The molecule has 0 aliphatic carbocycles. The number of carbonyl (C=O) groups excluding carboxylic acids is 1. The third-order valence-electron chi connectivity index (χ3n) is 6.26. The molecule has 1 amide bonds. The molecular weight excluding hydrogens is 394 g/mol. The van der Waals surface area contributed by atoms with Gasteiger partial charge in [0.05, 0.1) is 5.41 Å². The van der Waals surface area contributed by atoms with Crippen LogP contribution in [0.15, 0.2) is 48.5 Å². The molecule has 0 bridgehead atoms. The van der Waals surface area contributed by atoms with Gasteiger partial charge in [-0.1, -0.05) is 90.1 Å². The maximum Gasteiger partial charge on any atom is 0.228 e. The van der Waals surface area contributed by atoms with E-state index in [2.05, 4.69) is 95.4 Å². The lowest BCUT2D eigenvalue weighted by atomic mass is 9.74. The van der Waals surface area contributed by atoms with E-state index in [1.807, 2.05) is 0 Å². The second-order valence-electron chi connectivity index (χ2n) is 11.1. The summed E-state index contributed by atoms with van der Waals surface area (Å²) in [4.78, 5) is 13.4. The van der Waals surface area contributed by atoms with Gasteiger partial charge in [-0.05, 0) is 58.9 Å². The van der Waals surface area contributed by atoms with Crippen molar-refractivity contribution < 1.29 is 4.79 Å². The van der Waals surface area contributed by atoms with Crippen LogP contribution in [0.1, 0.15) is 70.2 Å². The Labute approximate surface area is 195 Å². The van der Waals surface area contributed by atoms with Crippen molar-refractivity contribution in [2.45, 2.75) is 71.6 Å². The number of benzene rings is 2. The maximum absolute atomic E-state index is 13.4. The van der Waals surface area contributed by atoms with Gasteiger partial charge in [0.2, 0.25) is 5.91 Å². The van der Waals surface area contributed by atoms with E-state index in [4.69, 9.17) is 11.5 Å². The van der Waals surface area contributed by atoms with Crippen molar-refractivity contribution in [2.24, 2.45) is 16.9 Å². The quantitative estimate of drug-likeness (QED) is 0.506. The molecule has 0 aromatic heterocycles. The fourth-order valence-corrected chi connectivity index (χ4v) is 3.98. The average Bonchev–Trinajstić information content (AvgIpc) is 2.72. The topological polar surface area (TPSA) is 81.1 Å². The first-order valence-corrected chi connectivity index (χ1v) is 11.8. The van der Waals surface area contributed by atoms with Gasteiger partial charge in [-0.15, -0.1) is 0 Å². The van der Waals surface area contributed by atoms with E-state index in [0.29, 0.717) is 25.9 Å². The van der Waals surface area contributed by atoms with Gasteiger partial charge in [-0.3, -0.25) is 4.79 Å². The molecule has 0 saturated heterocycles. The van der Waals surface area contributed by atoms with Gasteiger partial charge in [-0.2, -0.15) is 0 Å². The Balaban J connectivity index is 2.34. The highest BCUT2D eigenvalue weighted by Crippen LogP contribution is 2.31. The lowest BCUT2D eigenvalue weighted by Gasteiger charge is -2.32. The highest BCUT2D eigenvalue weighted by molar-refractivity contribution is 5.83. The van der Waals surface area contributed by atoms with Crippen LogP contribution in [-0.2, 0) is 28.5 Å². The number of rotatable bonds is 9. The Hall–Kier alpha value is -2.17. The van der Waals surface area contributed by atoms with Crippen LogP contribution in [0.4, 0.5) is 0 Å². The molecular formula is C28H43N3O. The summed E-state index contributed by atoms with van der Waals surface area (Å²) in [6.45, 7) is 14.6. The average molecular weight is 438 g/mol. The summed E-state index contributed by atoms with van der Waals surface area (Å²) in [6.07, 6.45) is 1.96. The number of hydrogen-bond acceptors (Lipinski definition) is 3. The van der Waals surface area contributed by atoms with Crippen LogP contribution in [0.2, 0.25) is 0 Å². The van der Waals surface area contributed by atoms with Gasteiger partial charge < -0.3 is 16.8 Å². The summed E-state index contributed by atoms with van der Waals surface area (Å²) >= 11 is 0. The molecule has 2 aromatic rings. The van der Waals surface area contributed by atoms with E-state index in [1.54, 1.807) is 0 Å². The van der Waals surface area contributed by atoms with E-state index >= 15 is 0 Å². The number of carbonyl (C=O) groups is 1. The van der Waals surface area contributed by atoms with Crippen molar-refractivity contribution in [3.63, 3.8) is 0 Å². The normalized spacial score (nSPS) is 12.6. The Morgan fingerprint density at radius 1 is 0.750 bits per heavy atom. The third kappa shape index (κ3) is 6.91. The zero-order chi connectivity index (χ0) is 24.0. The van der Waals surface area contributed by atoms with E-state index in [9.17, 15) is 4.79 Å². The van der Waals surface area contributed by atoms with Crippen LogP contribution in [0.25, 0.3) is 0 Å². The zero-order valence-corrected chi connectivity index (χ0v) is 20.9. The Bertz CT molecular complexity index is 796. The van der Waals surface area contributed by atoms with E-state index < -0.39 is 5.41 Å². The number of nitrogens with two attached hydrogens (primary N) is 2. The lowest BCUT2D eigenvalue weighted by Crippen LogP contribution is -2.49. The number of nitrogens with one attached hydrogen (secondary N) is 1. The maximum atomic E-state index is 13.4. The molecule has 32 heavy (non-hydrogen) atoms. The van der Waals surface area contributed by atoms with Gasteiger partial charge in [0.1, 0.15) is 0 Å². The van der Waals surface area contributed by atoms with E-state index in [1.165, 1.54) is 11.1 Å². The van der Waals surface area contributed by atoms with Crippen molar-refractivity contribution in [3.8, 4) is 0 Å². The van der Waals surface area contributed by atoms with Gasteiger partial charge >= 0.3 is 0 Å². The predicted molar refractivity (Wildman–Crippen MR) is 136 cm³/mol. The largest absolute Gasteiger partial charge is 0.356 e. The summed E-state index contributed by atoms with van der Waals surface area (Å²) in [7, 11) is 0. The fourth-order valence-electron chi connectivity index (χ4n) is 3.98. The first kappa shape index (κ1) is 26.1. The lowest BCUT2D eigenvalue weighted by molar-refractivity contribution is -0.130. The molecule has 0 fully saturated rings. The van der Waals surface area contributed by atoms with Crippen molar-refractivity contribution in [1.29, 1.82) is 0 Å². The van der Waals surface area contributed by atoms with Crippen molar-refractivity contribution in [1.82, 2.24) is 5.32 Å². The number of hydrogen-bond donors (Lipinski definition) is 3. The fraction of sp³-hybridized carbons (Fsp3) is 0.536. The monoisotopic (exact) mass is 437 g/mol. The molecule has 0 saturated carbocycles. The van der Waals surface area contributed by atoms with Crippen molar-refractivity contribution in [3.05, 3.63) is 70.8 Å². The van der Waals surface area contributed by atoms with Gasteiger partial charge in [0.25, 0.3) is 0 Å². The van der Waals surface area contributed by atoms with Crippen LogP contribution < -0.4 is 16.8 Å². The highest BCUT2D eigenvalue weighted by atomic mass is 16.2. The molecule has 2 aromatic carbocycles. The molecule has 2 rings (SSSR count). The molecule has 0 spiro atoms. The van der Waals surface area contributed by atoms with E-state index in [-0.39, 0.29) is 23.3 Å². The smallest absolute Gasteiger partial charge is 0.228 e. The molecule has 0 aliphatic heterocycles. The number of amides is 1. The highest BCUT2D eigenvalue weighted by Gasteiger charge is 2.37. The second kappa shape index (κ2) is 10.6. The summed E-state index contributed by atoms with van der Waals surface area (Å²) < 4.78 is 0. The Kier molecular flexibility index (Phi) is 8.67. The molecule has 0 radical (unpaired) electrons. The zero-order valence-electron chi connectivity index (χ0n) is 20.9.